The average Bonchev–Trinajstić information content (AvgIpc) is 3.10. The Labute approximate surface area is 189 Å². The van der Waals surface area contributed by atoms with Gasteiger partial charge in [-0.2, -0.15) is 5.26 Å². The third-order valence-electron chi connectivity index (χ3n) is 6.07. The minimum Gasteiger partial charge on any atom is -0.368 e. The van der Waals surface area contributed by atoms with E-state index in [1.54, 1.807) is 11.0 Å². The van der Waals surface area contributed by atoms with E-state index in [1.165, 1.54) is 11.3 Å². The number of amides is 1. The van der Waals surface area contributed by atoms with Crippen molar-refractivity contribution in [1.82, 2.24) is 9.47 Å². The number of para-hydroxylation sites is 1. The first kappa shape index (κ1) is 21.5. The lowest BCUT2D eigenvalue weighted by Crippen LogP contribution is -2.49. The van der Waals surface area contributed by atoms with Crippen LogP contribution >= 0.6 is 0 Å². The van der Waals surface area contributed by atoms with E-state index in [1.807, 2.05) is 44.2 Å². The topological polar surface area (TPSA) is 52.3 Å². The van der Waals surface area contributed by atoms with Crippen LogP contribution in [0.15, 0.2) is 66.2 Å². The minimum absolute atomic E-state index is 0.183. The highest BCUT2D eigenvalue weighted by molar-refractivity contribution is 6.02. The lowest BCUT2D eigenvalue weighted by molar-refractivity contribution is -0.126. The van der Waals surface area contributed by atoms with Crippen molar-refractivity contribution < 1.29 is 4.79 Å². The van der Waals surface area contributed by atoms with Crippen LogP contribution in [0.25, 0.3) is 11.8 Å². The molecule has 2 aromatic carbocycles. The van der Waals surface area contributed by atoms with Crippen molar-refractivity contribution in [3.05, 3.63) is 88.8 Å². The summed E-state index contributed by atoms with van der Waals surface area (Å²) in [6.45, 7) is 8.88. The average molecular weight is 425 g/mol. The molecule has 0 radical (unpaired) electrons. The summed E-state index contributed by atoms with van der Waals surface area (Å²) in [6.07, 6.45) is 1.74. The summed E-state index contributed by atoms with van der Waals surface area (Å²) in [5, 5.41) is 9.76. The Hall–Kier alpha value is -3.78. The highest BCUT2D eigenvalue weighted by atomic mass is 16.2. The Kier molecular flexibility index (Phi) is 6.13. The fraction of sp³-hybridized carbons (Fsp3) is 0.259. The fourth-order valence-corrected chi connectivity index (χ4v) is 4.37. The SMILES string of the molecule is Cc1cccc(-n2c(C)cc(/C=C(/C#N)C(=O)N3CCN(c4ccccc4)CC3)c2C)c1. The number of piperazine rings is 1. The zero-order valence-electron chi connectivity index (χ0n) is 18.9. The van der Waals surface area contributed by atoms with E-state index in [-0.39, 0.29) is 11.5 Å². The van der Waals surface area contributed by atoms with Gasteiger partial charge in [-0.25, -0.2) is 0 Å². The Morgan fingerprint density at radius 1 is 0.906 bits per heavy atom. The number of nitrogens with zero attached hydrogens (tertiary/aromatic N) is 4. The predicted octanol–water partition coefficient (Wildman–Crippen LogP) is 4.66. The summed E-state index contributed by atoms with van der Waals surface area (Å²) in [4.78, 5) is 17.2. The number of hydrogen-bond donors (Lipinski definition) is 0. The summed E-state index contributed by atoms with van der Waals surface area (Å²) in [5.41, 5.74) is 6.61. The van der Waals surface area contributed by atoms with Crippen LogP contribution in [0.1, 0.15) is 22.5 Å². The lowest BCUT2D eigenvalue weighted by Gasteiger charge is -2.36. The van der Waals surface area contributed by atoms with E-state index in [2.05, 4.69) is 52.8 Å². The van der Waals surface area contributed by atoms with Gasteiger partial charge in [-0.3, -0.25) is 4.79 Å². The summed E-state index contributed by atoms with van der Waals surface area (Å²) in [6, 6.07) is 22.7. The van der Waals surface area contributed by atoms with Crippen molar-refractivity contribution >= 4 is 17.7 Å². The lowest BCUT2D eigenvalue weighted by atomic mass is 10.1. The Morgan fingerprint density at radius 2 is 1.59 bits per heavy atom. The number of rotatable bonds is 4. The van der Waals surface area contributed by atoms with Crippen LogP contribution in [-0.4, -0.2) is 41.6 Å². The Bertz CT molecular complexity index is 1190. The number of carbonyl (C=O) groups excluding carboxylic acids is 1. The van der Waals surface area contributed by atoms with Crippen LogP contribution in [0.4, 0.5) is 5.69 Å². The number of aromatic nitrogens is 1. The third-order valence-corrected chi connectivity index (χ3v) is 6.07. The number of benzene rings is 2. The van der Waals surface area contributed by atoms with Gasteiger partial charge in [-0.05, 0) is 68.3 Å². The molecule has 0 bridgehead atoms. The number of aryl methyl sites for hydroxylation is 2. The van der Waals surface area contributed by atoms with E-state index in [0.717, 1.165) is 35.7 Å². The molecule has 5 heteroatoms. The quantitative estimate of drug-likeness (QED) is 0.452. The zero-order chi connectivity index (χ0) is 22.7. The van der Waals surface area contributed by atoms with Gasteiger partial charge in [0.1, 0.15) is 11.6 Å². The molecule has 0 unspecified atom stereocenters. The van der Waals surface area contributed by atoms with Crippen molar-refractivity contribution in [2.24, 2.45) is 0 Å². The standard InChI is InChI=1S/C27H28N4O/c1-20-8-7-11-26(16-20)31-21(2)17-23(22(31)3)18-24(19-28)27(32)30-14-12-29(13-15-30)25-9-5-4-6-10-25/h4-11,16-18H,12-15H2,1-3H3/b24-18-. The molecule has 0 saturated carbocycles. The van der Waals surface area contributed by atoms with Gasteiger partial charge in [0.2, 0.25) is 0 Å². The second-order valence-corrected chi connectivity index (χ2v) is 8.29. The molecule has 0 aliphatic carbocycles. The van der Waals surface area contributed by atoms with Crippen LogP contribution < -0.4 is 4.90 Å². The second kappa shape index (κ2) is 9.15. The first-order chi connectivity index (χ1) is 15.5. The van der Waals surface area contributed by atoms with Crippen LogP contribution in [0.2, 0.25) is 0 Å². The Morgan fingerprint density at radius 3 is 2.25 bits per heavy atom. The number of carbonyl (C=O) groups is 1. The molecule has 1 amide bonds. The monoisotopic (exact) mass is 424 g/mol. The van der Waals surface area contributed by atoms with Crippen LogP contribution in [-0.2, 0) is 4.79 Å². The molecule has 5 nitrogen and oxygen atoms in total. The largest absolute Gasteiger partial charge is 0.368 e. The molecule has 0 N–H and O–H groups in total. The van der Waals surface area contributed by atoms with E-state index in [0.29, 0.717) is 13.1 Å². The molecular formula is C27H28N4O. The highest BCUT2D eigenvalue weighted by Crippen LogP contribution is 2.24. The van der Waals surface area contributed by atoms with Crippen molar-refractivity contribution in [2.75, 3.05) is 31.1 Å². The van der Waals surface area contributed by atoms with Crippen LogP contribution in [0.5, 0.6) is 0 Å². The summed E-state index contributed by atoms with van der Waals surface area (Å²) >= 11 is 0. The van der Waals surface area contributed by atoms with Crippen molar-refractivity contribution in [3.63, 3.8) is 0 Å². The van der Waals surface area contributed by atoms with Crippen molar-refractivity contribution in [2.45, 2.75) is 20.8 Å². The van der Waals surface area contributed by atoms with Gasteiger partial charge in [0, 0.05) is 48.9 Å². The minimum atomic E-state index is -0.194. The third kappa shape index (κ3) is 4.31. The van der Waals surface area contributed by atoms with Gasteiger partial charge in [-0.15, -0.1) is 0 Å². The summed E-state index contributed by atoms with van der Waals surface area (Å²) < 4.78 is 2.16. The first-order valence-electron chi connectivity index (χ1n) is 10.9. The molecule has 2 heterocycles. The molecule has 4 rings (SSSR count). The molecule has 1 aromatic heterocycles. The summed E-state index contributed by atoms with van der Waals surface area (Å²) in [7, 11) is 0. The normalized spacial score (nSPS) is 14.4. The molecule has 1 fully saturated rings. The number of nitriles is 1. The molecule has 0 spiro atoms. The fourth-order valence-electron chi connectivity index (χ4n) is 4.37. The van der Waals surface area contributed by atoms with E-state index >= 15 is 0 Å². The predicted molar refractivity (Wildman–Crippen MR) is 129 cm³/mol. The highest BCUT2D eigenvalue weighted by Gasteiger charge is 2.24. The van der Waals surface area contributed by atoms with E-state index in [4.69, 9.17) is 0 Å². The van der Waals surface area contributed by atoms with Gasteiger partial charge >= 0.3 is 0 Å². The molecule has 0 atom stereocenters. The molecule has 1 aliphatic rings. The summed E-state index contributed by atoms with van der Waals surface area (Å²) in [5.74, 6) is -0.194. The van der Waals surface area contributed by atoms with E-state index < -0.39 is 0 Å². The van der Waals surface area contributed by atoms with Gasteiger partial charge < -0.3 is 14.4 Å². The van der Waals surface area contributed by atoms with Gasteiger partial charge in [-0.1, -0.05) is 30.3 Å². The maximum atomic E-state index is 13.1. The van der Waals surface area contributed by atoms with Crippen molar-refractivity contribution in [1.29, 1.82) is 5.26 Å². The molecule has 3 aromatic rings. The zero-order valence-corrected chi connectivity index (χ0v) is 18.9. The molecule has 1 aliphatic heterocycles. The molecular weight excluding hydrogens is 396 g/mol. The van der Waals surface area contributed by atoms with Crippen LogP contribution in [0, 0.1) is 32.1 Å². The van der Waals surface area contributed by atoms with Gasteiger partial charge in [0.05, 0.1) is 0 Å². The number of anilines is 1. The van der Waals surface area contributed by atoms with Crippen molar-refractivity contribution in [3.8, 4) is 11.8 Å². The van der Waals surface area contributed by atoms with E-state index in [9.17, 15) is 10.1 Å². The second-order valence-electron chi connectivity index (χ2n) is 8.29. The smallest absolute Gasteiger partial charge is 0.264 e. The molecule has 32 heavy (non-hydrogen) atoms. The first-order valence-corrected chi connectivity index (χ1v) is 10.9. The van der Waals surface area contributed by atoms with Crippen LogP contribution in [0.3, 0.4) is 0 Å². The Balaban J connectivity index is 1.53. The molecule has 1 saturated heterocycles. The number of hydrogen-bond acceptors (Lipinski definition) is 3. The van der Waals surface area contributed by atoms with Gasteiger partial charge in [0.15, 0.2) is 0 Å². The maximum absolute atomic E-state index is 13.1. The van der Waals surface area contributed by atoms with Gasteiger partial charge in [0.25, 0.3) is 5.91 Å². The molecule has 162 valence electrons. The maximum Gasteiger partial charge on any atom is 0.264 e.